The summed E-state index contributed by atoms with van der Waals surface area (Å²) in [4.78, 5) is 27.3. The minimum absolute atomic E-state index is 0.119. The highest BCUT2D eigenvalue weighted by atomic mass is 32.2. The highest BCUT2D eigenvalue weighted by molar-refractivity contribution is 7.88. The first-order valence-corrected chi connectivity index (χ1v) is 11.2. The van der Waals surface area contributed by atoms with Gasteiger partial charge in [-0.25, -0.2) is 28.2 Å². The molecule has 3 aromatic rings. The molecule has 0 spiro atoms. The molecule has 164 valence electrons. The predicted molar refractivity (Wildman–Crippen MR) is 111 cm³/mol. The van der Waals surface area contributed by atoms with Crippen LogP contribution in [-0.4, -0.2) is 60.8 Å². The molecule has 0 aromatic carbocycles. The zero-order valence-corrected chi connectivity index (χ0v) is 17.7. The average molecular weight is 449 g/mol. The van der Waals surface area contributed by atoms with Crippen molar-refractivity contribution in [2.75, 3.05) is 30.8 Å². The lowest BCUT2D eigenvalue weighted by molar-refractivity contribution is -0.126. The number of anilines is 1. The van der Waals surface area contributed by atoms with E-state index in [0.29, 0.717) is 42.5 Å². The van der Waals surface area contributed by atoms with Gasteiger partial charge < -0.3 is 9.45 Å². The molecule has 1 N–H and O–H groups in total. The molecule has 0 saturated carbocycles. The van der Waals surface area contributed by atoms with Crippen LogP contribution in [0.1, 0.15) is 19.0 Å². The second kappa shape index (κ2) is 8.81. The van der Waals surface area contributed by atoms with Gasteiger partial charge in [0.1, 0.15) is 35.6 Å². The Morgan fingerprint density at radius 1 is 1.29 bits per heavy atom. The third kappa shape index (κ3) is 4.50. The van der Waals surface area contributed by atoms with E-state index in [2.05, 4.69) is 24.8 Å². The van der Waals surface area contributed by atoms with E-state index in [1.165, 1.54) is 35.4 Å². The molecule has 3 unspecified atom stereocenters. The van der Waals surface area contributed by atoms with Crippen LogP contribution in [0.25, 0.3) is 17.0 Å². The van der Waals surface area contributed by atoms with Gasteiger partial charge in [-0.1, -0.05) is 6.92 Å². The number of imidazole rings is 1. The van der Waals surface area contributed by atoms with E-state index in [0.717, 1.165) is 0 Å². The fourth-order valence-corrected chi connectivity index (χ4v) is 4.10. The number of carbonyl (C=O) groups is 1. The molecule has 1 saturated heterocycles. The van der Waals surface area contributed by atoms with Gasteiger partial charge in [-0.2, -0.15) is 5.10 Å². The second-order valence-electron chi connectivity index (χ2n) is 7.44. The van der Waals surface area contributed by atoms with Crippen molar-refractivity contribution in [3.63, 3.8) is 0 Å². The fraction of sp³-hybridized carbons (Fsp3) is 0.421. The lowest BCUT2D eigenvalue weighted by atomic mass is 9.89. The summed E-state index contributed by atoms with van der Waals surface area (Å²) in [6, 6.07) is 4.45. The van der Waals surface area contributed by atoms with Gasteiger partial charge in [-0.15, -0.1) is 4.72 Å². The molecule has 4 heterocycles. The Kier molecular flexibility index (Phi) is 6.12. The molecule has 1 aliphatic rings. The van der Waals surface area contributed by atoms with Gasteiger partial charge in [0.15, 0.2) is 5.65 Å². The van der Waals surface area contributed by atoms with Crippen LogP contribution in [0.3, 0.4) is 0 Å². The van der Waals surface area contributed by atoms with Crippen LogP contribution >= 0.6 is 0 Å². The number of piperidine rings is 1. The SMILES string of the molecule is CC1CN(c2cc(-c3cnc4ccc(C(F)F)nn34)ncn2)CC(CN[S+](C)[O-])C1=O. The van der Waals surface area contributed by atoms with Crippen LogP contribution in [0, 0.1) is 11.8 Å². The normalized spacial score (nSPS) is 20.6. The van der Waals surface area contributed by atoms with E-state index < -0.39 is 17.8 Å². The lowest BCUT2D eigenvalue weighted by Gasteiger charge is -2.36. The zero-order chi connectivity index (χ0) is 22.1. The number of nitrogens with zero attached hydrogens (tertiary/aromatic N) is 6. The summed E-state index contributed by atoms with van der Waals surface area (Å²) < 4.78 is 41.7. The Morgan fingerprint density at radius 3 is 2.84 bits per heavy atom. The number of nitrogens with one attached hydrogen (secondary N) is 1. The molecule has 9 nitrogen and oxygen atoms in total. The minimum atomic E-state index is -2.70. The van der Waals surface area contributed by atoms with Crippen LogP contribution in [0.2, 0.25) is 0 Å². The number of ketones is 1. The molecule has 0 radical (unpaired) electrons. The van der Waals surface area contributed by atoms with Crippen molar-refractivity contribution in [3.05, 3.63) is 36.4 Å². The summed E-state index contributed by atoms with van der Waals surface area (Å²) in [5.41, 5.74) is 1.01. The van der Waals surface area contributed by atoms with Crippen LogP contribution in [0.5, 0.6) is 0 Å². The Balaban J connectivity index is 1.63. The molecule has 0 aliphatic carbocycles. The van der Waals surface area contributed by atoms with Crippen molar-refractivity contribution in [2.24, 2.45) is 11.8 Å². The van der Waals surface area contributed by atoms with Gasteiger partial charge in [-0.05, 0) is 12.1 Å². The zero-order valence-electron chi connectivity index (χ0n) is 16.9. The summed E-state index contributed by atoms with van der Waals surface area (Å²) in [5.74, 6) is 0.188. The predicted octanol–water partition coefficient (Wildman–Crippen LogP) is 1.65. The van der Waals surface area contributed by atoms with Gasteiger partial charge in [0.05, 0.1) is 24.4 Å². The maximum Gasteiger partial charge on any atom is 0.282 e. The molecule has 0 amide bonds. The van der Waals surface area contributed by atoms with Gasteiger partial charge in [0.25, 0.3) is 6.43 Å². The number of fused-ring (bicyclic) bond motifs is 1. The number of alkyl halides is 2. The highest BCUT2D eigenvalue weighted by Gasteiger charge is 2.34. The molecule has 1 aliphatic heterocycles. The molecule has 1 fully saturated rings. The summed E-state index contributed by atoms with van der Waals surface area (Å²) in [6.45, 7) is 3.08. The first kappa shape index (κ1) is 21.5. The maximum atomic E-state index is 13.1. The third-order valence-electron chi connectivity index (χ3n) is 5.20. The molecular weight excluding hydrogens is 428 g/mol. The van der Waals surface area contributed by atoms with E-state index in [-0.39, 0.29) is 23.3 Å². The number of carbonyl (C=O) groups excluding carboxylic acids is 1. The van der Waals surface area contributed by atoms with Crippen molar-refractivity contribution >= 4 is 28.6 Å². The summed E-state index contributed by atoms with van der Waals surface area (Å²) in [6.07, 6.45) is 1.73. The maximum absolute atomic E-state index is 13.1. The van der Waals surface area contributed by atoms with Gasteiger partial charge >= 0.3 is 0 Å². The number of rotatable bonds is 6. The largest absolute Gasteiger partial charge is 0.598 e. The summed E-state index contributed by atoms with van der Waals surface area (Å²) in [7, 11) is 0. The number of halogens is 2. The minimum Gasteiger partial charge on any atom is -0.598 e. The molecule has 31 heavy (non-hydrogen) atoms. The summed E-state index contributed by atoms with van der Waals surface area (Å²) in [5, 5.41) is 3.98. The molecule has 4 rings (SSSR count). The average Bonchev–Trinajstić information content (AvgIpc) is 3.18. The number of Topliss-reactive ketones (excluding diaryl/α,β-unsaturated/α-hetero) is 1. The van der Waals surface area contributed by atoms with Crippen LogP contribution in [0.4, 0.5) is 14.6 Å². The quantitative estimate of drug-likeness (QED) is 0.566. The molecular formula is C19H21F2N7O2S. The molecule has 0 bridgehead atoms. The molecule has 12 heteroatoms. The monoisotopic (exact) mass is 449 g/mol. The standard InChI is InChI=1S/C19H21F2N7O2S/c1-11-8-27(9-12(18(11)29)6-25-31(2)30)17-5-14(23-10-24-17)15-7-22-16-4-3-13(19(20)21)26-28(15)16/h3-5,7,10-12,19,25H,6,8-9H2,1-2H3. The second-order valence-corrected chi connectivity index (χ2v) is 8.64. The first-order valence-electron chi connectivity index (χ1n) is 9.64. The molecule has 3 aromatic heterocycles. The van der Waals surface area contributed by atoms with Gasteiger partial charge in [0.2, 0.25) is 0 Å². The number of hydrogen-bond donors (Lipinski definition) is 1. The van der Waals surface area contributed by atoms with E-state index >= 15 is 0 Å². The Bertz CT molecular complexity index is 1090. The van der Waals surface area contributed by atoms with Crippen molar-refractivity contribution in [1.82, 2.24) is 29.3 Å². The van der Waals surface area contributed by atoms with Crippen molar-refractivity contribution in [1.29, 1.82) is 0 Å². The van der Waals surface area contributed by atoms with E-state index in [9.17, 15) is 18.1 Å². The van der Waals surface area contributed by atoms with Gasteiger partial charge in [0, 0.05) is 36.4 Å². The first-order chi connectivity index (χ1) is 14.8. The third-order valence-corrected chi connectivity index (χ3v) is 5.77. The Hall–Kier alpha value is -2.70. The van der Waals surface area contributed by atoms with Gasteiger partial charge in [-0.3, -0.25) is 4.79 Å². The van der Waals surface area contributed by atoms with Crippen molar-refractivity contribution in [2.45, 2.75) is 13.3 Å². The smallest absolute Gasteiger partial charge is 0.282 e. The van der Waals surface area contributed by atoms with Crippen molar-refractivity contribution < 1.29 is 18.1 Å². The van der Waals surface area contributed by atoms with Crippen LogP contribution in [0.15, 0.2) is 30.7 Å². The number of aromatic nitrogens is 5. The van der Waals surface area contributed by atoms with E-state index in [1.54, 1.807) is 6.07 Å². The lowest BCUT2D eigenvalue weighted by Crippen LogP contribution is -2.50. The van der Waals surface area contributed by atoms with Crippen molar-refractivity contribution in [3.8, 4) is 11.4 Å². The topological polar surface area (TPSA) is 111 Å². The van der Waals surface area contributed by atoms with E-state index in [4.69, 9.17) is 0 Å². The fourth-order valence-electron chi connectivity index (χ4n) is 3.66. The number of hydrogen-bond acceptors (Lipinski definition) is 8. The molecule has 3 atom stereocenters. The Morgan fingerprint density at radius 2 is 2.10 bits per heavy atom. The Labute approximate surface area is 180 Å². The van der Waals surface area contributed by atoms with Crippen LogP contribution < -0.4 is 9.62 Å². The highest BCUT2D eigenvalue weighted by Crippen LogP contribution is 2.26. The summed E-state index contributed by atoms with van der Waals surface area (Å²) >= 11 is -1.21. The van der Waals surface area contributed by atoms with E-state index in [1.807, 2.05) is 11.8 Å². The van der Waals surface area contributed by atoms with Crippen LogP contribution in [-0.2, 0) is 16.2 Å².